The molecule has 1 aromatic carbocycles. The standard InChI is InChI=1S/C12H15N3O3S/c1-15-8-12(13-9-15)19(16,17)14-7-10-5-3-4-6-11(10)18-2/h3-6,8-9,14H,7H2,1-2H3. The molecule has 0 amide bonds. The second kappa shape index (κ2) is 5.41. The van der Waals surface area contributed by atoms with Crippen LogP contribution >= 0.6 is 0 Å². The summed E-state index contributed by atoms with van der Waals surface area (Å²) in [7, 11) is -0.338. The number of para-hydroxylation sites is 1. The molecule has 0 saturated carbocycles. The second-order valence-corrected chi connectivity index (χ2v) is 5.73. The second-order valence-electron chi connectivity index (χ2n) is 4.01. The predicted molar refractivity (Wildman–Crippen MR) is 70.2 cm³/mol. The van der Waals surface area contributed by atoms with Gasteiger partial charge in [-0.05, 0) is 6.07 Å². The number of sulfonamides is 1. The molecule has 1 N–H and O–H groups in total. The van der Waals surface area contributed by atoms with Crippen LogP contribution in [-0.2, 0) is 23.6 Å². The van der Waals surface area contributed by atoms with Crippen molar-refractivity contribution in [2.45, 2.75) is 11.6 Å². The molecule has 0 radical (unpaired) electrons. The first-order valence-corrected chi connectivity index (χ1v) is 7.11. The fourth-order valence-electron chi connectivity index (χ4n) is 1.62. The maximum atomic E-state index is 12.0. The highest BCUT2D eigenvalue weighted by atomic mass is 32.2. The van der Waals surface area contributed by atoms with E-state index in [1.54, 1.807) is 30.9 Å². The van der Waals surface area contributed by atoms with E-state index in [9.17, 15) is 8.42 Å². The van der Waals surface area contributed by atoms with Crippen LogP contribution in [0.3, 0.4) is 0 Å². The summed E-state index contributed by atoms with van der Waals surface area (Å²) in [5, 5.41) is 0.00454. The fourth-order valence-corrected chi connectivity index (χ4v) is 2.61. The molecule has 7 heteroatoms. The number of imidazole rings is 1. The number of rotatable bonds is 5. The van der Waals surface area contributed by atoms with Gasteiger partial charge in [0.1, 0.15) is 5.75 Å². The summed E-state index contributed by atoms with van der Waals surface area (Å²) in [5.41, 5.74) is 0.768. The van der Waals surface area contributed by atoms with E-state index in [2.05, 4.69) is 9.71 Å². The van der Waals surface area contributed by atoms with Gasteiger partial charge in [-0.2, -0.15) is 0 Å². The van der Waals surface area contributed by atoms with E-state index in [0.717, 1.165) is 5.56 Å². The van der Waals surface area contributed by atoms with Crippen LogP contribution in [0.4, 0.5) is 0 Å². The van der Waals surface area contributed by atoms with E-state index in [0.29, 0.717) is 5.75 Å². The van der Waals surface area contributed by atoms with Crippen molar-refractivity contribution in [3.8, 4) is 5.75 Å². The first kappa shape index (κ1) is 13.6. The van der Waals surface area contributed by atoms with Crippen LogP contribution in [0.5, 0.6) is 5.75 Å². The average Bonchev–Trinajstić information content (AvgIpc) is 2.84. The first-order chi connectivity index (χ1) is 9.03. The molecule has 0 unspecified atom stereocenters. The van der Waals surface area contributed by atoms with Crippen LogP contribution in [0.2, 0.25) is 0 Å². The van der Waals surface area contributed by atoms with Gasteiger partial charge in [-0.15, -0.1) is 0 Å². The number of nitrogens with zero attached hydrogens (tertiary/aromatic N) is 2. The Hall–Kier alpha value is -1.86. The number of nitrogens with one attached hydrogen (secondary N) is 1. The monoisotopic (exact) mass is 281 g/mol. The van der Waals surface area contributed by atoms with Crippen molar-refractivity contribution >= 4 is 10.0 Å². The molecule has 19 heavy (non-hydrogen) atoms. The Morgan fingerprint density at radius 1 is 1.37 bits per heavy atom. The van der Waals surface area contributed by atoms with Gasteiger partial charge in [0.25, 0.3) is 10.0 Å². The maximum absolute atomic E-state index is 12.0. The van der Waals surface area contributed by atoms with Gasteiger partial charge in [-0.3, -0.25) is 0 Å². The van der Waals surface area contributed by atoms with E-state index in [-0.39, 0.29) is 11.6 Å². The number of aryl methyl sites for hydroxylation is 1. The van der Waals surface area contributed by atoms with E-state index >= 15 is 0 Å². The third-order valence-corrected chi connectivity index (χ3v) is 3.89. The SMILES string of the molecule is COc1ccccc1CNS(=O)(=O)c1cn(C)cn1. The lowest BCUT2D eigenvalue weighted by molar-refractivity contribution is 0.409. The Bertz CT molecular complexity index is 664. The van der Waals surface area contributed by atoms with Crippen LogP contribution in [0.15, 0.2) is 41.8 Å². The van der Waals surface area contributed by atoms with Gasteiger partial charge in [0.05, 0.1) is 13.4 Å². The summed E-state index contributed by atoms with van der Waals surface area (Å²) < 4.78 is 33.2. The number of methoxy groups -OCH3 is 1. The lowest BCUT2D eigenvalue weighted by atomic mass is 10.2. The molecule has 0 fully saturated rings. The molecule has 0 aliphatic carbocycles. The Morgan fingerprint density at radius 2 is 2.11 bits per heavy atom. The highest BCUT2D eigenvalue weighted by Gasteiger charge is 2.17. The third kappa shape index (κ3) is 3.12. The zero-order valence-electron chi connectivity index (χ0n) is 10.7. The minimum Gasteiger partial charge on any atom is -0.496 e. The molecular weight excluding hydrogens is 266 g/mol. The van der Waals surface area contributed by atoms with Gasteiger partial charge in [-0.1, -0.05) is 18.2 Å². The fraction of sp³-hybridized carbons (Fsp3) is 0.250. The molecular formula is C12H15N3O3S. The van der Waals surface area contributed by atoms with Crippen molar-refractivity contribution in [1.29, 1.82) is 0 Å². The van der Waals surface area contributed by atoms with Gasteiger partial charge < -0.3 is 9.30 Å². The van der Waals surface area contributed by atoms with E-state index < -0.39 is 10.0 Å². The van der Waals surface area contributed by atoms with E-state index in [1.165, 1.54) is 12.5 Å². The smallest absolute Gasteiger partial charge is 0.259 e. The van der Waals surface area contributed by atoms with Gasteiger partial charge in [0, 0.05) is 25.4 Å². The largest absolute Gasteiger partial charge is 0.496 e. The van der Waals surface area contributed by atoms with Crippen molar-refractivity contribution in [2.24, 2.45) is 7.05 Å². The zero-order chi connectivity index (χ0) is 13.9. The molecule has 6 nitrogen and oxygen atoms in total. The van der Waals surface area contributed by atoms with Crippen LogP contribution < -0.4 is 9.46 Å². The highest BCUT2D eigenvalue weighted by molar-refractivity contribution is 7.89. The number of hydrogen-bond donors (Lipinski definition) is 1. The van der Waals surface area contributed by atoms with Crippen molar-refractivity contribution in [3.63, 3.8) is 0 Å². The van der Waals surface area contributed by atoms with Crippen LogP contribution in [-0.4, -0.2) is 25.1 Å². The van der Waals surface area contributed by atoms with Gasteiger partial charge in [0.2, 0.25) is 0 Å². The lowest BCUT2D eigenvalue weighted by Crippen LogP contribution is -2.23. The summed E-state index contributed by atoms with van der Waals surface area (Å²) in [5.74, 6) is 0.645. The molecule has 0 atom stereocenters. The summed E-state index contributed by atoms with van der Waals surface area (Å²) in [4.78, 5) is 3.82. The molecule has 2 rings (SSSR count). The number of aromatic nitrogens is 2. The molecule has 0 bridgehead atoms. The molecule has 0 aliphatic heterocycles. The molecule has 2 aromatic rings. The normalized spacial score (nSPS) is 11.5. The highest BCUT2D eigenvalue weighted by Crippen LogP contribution is 2.17. The molecule has 0 aliphatic rings. The van der Waals surface area contributed by atoms with Crippen molar-refractivity contribution in [3.05, 3.63) is 42.4 Å². The lowest BCUT2D eigenvalue weighted by Gasteiger charge is -2.08. The summed E-state index contributed by atoms with van der Waals surface area (Å²) in [6, 6.07) is 7.24. The quantitative estimate of drug-likeness (QED) is 0.884. The molecule has 1 heterocycles. The minimum atomic E-state index is -3.60. The zero-order valence-corrected chi connectivity index (χ0v) is 11.5. The minimum absolute atomic E-state index is 0.00454. The Kier molecular flexibility index (Phi) is 3.87. The van der Waals surface area contributed by atoms with Gasteiger partial charge >= 0.3 is 0 Å². The maximum Gasteiger partial charge on any atom is 0.259 e. The third-order valence-electron chi connectivity index (χ3n) is 2.60. The molecule has 1 aromatic heterocycles. The average molecular weight is 281 g/mol. The summed E-state index contributed by atoms with van der Waals surface area (Å²) >= 11 is 0. The number of benzene rings is 1. The predicted octanol–water partition coefficient (Wildman–Crippen LogP) is 0.907. The molecule has 102 valence electrons. The van der Waals surface area contributed by atoms with Crippen LogP contribution in [0.1, 0.15) is 5.56 Å². The summed E-state index contributed by atoms with van der Waals surface area (Å²) in [6.07, 6.45) is 2.89. The van der Waals surface area contributed by atoms with Gasteiger partial charge in [0.15, 0.2) is 5.03 Å². The summed E-state index contributed by atoms with van der Waals surface area (Å²) in [6.45, 7) is 0.156. The number of ether oxygens (including phenoxy) is 1. The number of hydrogen-bond acceptors (Lipinski definition) is 4. The van der Waals surface area contributed by atoms with Crippen LogP contribution in [0.25, 0.3) is 0 Å². The molecule has 0 spiro atoms. The Labute approximate surface area is 112 Å². The van der Waals surface area contributed by atoms with E-state index in [1.807, 2.05) is 12.1 Å². The first-order valence-electron chi connectivity index (χ1n) is 5.62. The topological polar surface area (TPSA) is 73.2 Å². The molecule has 0 saturated heterocycles. The van der Waals surface area contributed by atoms with Gasteiger partial charge in [-0.25, -0.2) is 18.1 Å². The van der Waals surface area contributed by atoms with Crippen molar-refractivity contribution < 1.29 is 13.2 Å². The van der Waals surface area contributed by atoms with Crippen molar-refractivity contribution in [1.82, 2.24) is 14.3 Å². The van der Waals surface area contributed by atoms with E-state index in [4.69, 9.17) is 4.74 Å². The Morgan fingerprint density at radius 3 is 2.74 bits per heavy atom. The van der Waals surface area contributed by atoms with Crippen LogP contribution in [0, 0.1) is 0 Å². The Balaban J connectivity index is 2.14. The van der Waals surface area contributed by atoms with Crippen molar-refractivity contribution in [2.75, 3.05) is 7.11 Å².